The monoisotopic (exact) mass is 602 g/mol. The van der Waals surface area contributed by atoms with Gasteiger partial charge in [0.1, 0.15) is 5.82 Å². The fourth-order valence-corrected chi connectivity index (χ4v) is 4.57. The van der Waals surface area contributed by atoms with Gasteiger partial charge in [-0.25, -0.2) is 9.97 Å². The van der Waals surface area contributed by atoms with Crippen LogP contribution in [0.25, 0.3) is 11.3 Å². The second-order valence-electron chi connectivity index (χ2n) is 8.15. The fraction of sp³-hybridized carbons (Fsp3) is 0.192. The van der Waals surface area contributed by atoms with Crippen molar-refractivity contribution in [3.05, 3.63) is 93.4 Å². The predicted octanol–water partition coefficient (Wildman–Crippen LogP) is 7.31. The van der Waals surface area contributed by atoms with Crippen LogP contribution in [0.15, 0.2) is 77.8 Å². The number of anilines is 2. The van der Waals surface area contributed by atoms with Crippen molar-refractivity contribution < 1.29 is 0 Å². The molecule has 36 heavy (non-hydrogen) atoms. The number of aromatic nitrogens is 3. The minimum absolute atomic E-state index is 0.115. The van der Waals surface area contributed by atoms with E-state index in [9.17, 15) is 0 Å². The summed E-state index contributed by atoms with van der Waals surface area (Å²) >= 11 is 21.5. The first-order valence-electron chi connectivity index (χ1n) is 11.4. The van der Waals surface area contributed by atoms with Crippen molar-refractivity contribution >= 4 is 68.0 Å². The Morgan fingerprint density at radius 2 is 1.97 bits per heavy atom. The third-order valence-corrected chi connectivity index (χ3v) is 7.14. The number of imidazole rings is 1. The lowest BCUT2D eigenvalue weighted by Gasteiger charge is -2.33. The van der Waals surface area contributed by atoms with Gasteiger partial charge < -0.3 is 20.5 Å². The van der Waals surface area contributed by atoms with E-state index in [1.54, 1.807) is 18.7 Å². The van der Waals surface area contributed by atoms with Crippen LogP contribution in [0, 0.1) is 0 Å². The zero-order valence-electron chi connectivity index (χ0n) is 19.5. The number of benzene rings is 2. The molecule has 4 rings (SSSR count). The molecule has 0 radical (unpaired) electrons. The van der Waals surface area contributed by atoms with Gasteiger partial charge in [-0.1, -0.05) is 48.3 Å². The Bertz CT molecular complexity index is 1300. The molecule has 6 nitrogen and oxygen atoms in total. The van der Waals surface area contributed by atoms with Crippen molar-refractivity contribution in [2.24, 2.45) is 0 Å². The Morgan fingerprint density at radius 3 is 2.67 bits per heavy atom. The van der Waals surface area contributed by atoms with E-state index in [0.29, 0.717) is 28.2 Å². The van der Waals surface area contributed by atoms with Gasteiger partial charge in [0.2, 0.25) is 0 Å². The van der Waals surface area contributed by atoms with Crippen LogP contribution in [0.5, 0.6) is 0 Å². The average molecular weight is 604 g/mol. The lowest BCUT2D eigenvalue weighted by atomic mass is 10.1. The van der Waals surface area contributed by atoms with Crippen LogP contribution in [0.4, 0.5) is 11.5 Å². The summed E-state index contributed by atoms with van der Waals surface area (Å²) in [7, 11) is 0. The van der Waals surface area contributed by atoms with Crippen molar-refractivity contribution in [1.29, 1.82) is 0 Å². The Labute approximate surface area is 234 Å². The summed E-state index contributed by atoms with van der Waals surface area (Å²) in [5.74, 6) is 0.865. The molecule has 0 fully saturated rings. The molecule has 0 spiro atoms. The lowest BCUT2D eigenvalue weighted by molar-refractivity contribution is 0.554. The maximum Gasteiger partial charge on any atom is 0.170 e. The van der Waals surface area contributed by atoms with E-state index in [-0.39, 0.29) is 6.04 Å². The Hall–Kier alpha value is -2.65. The van der Waals surface area contributed by atoms with Crippen LogP contribution in [0.2, 0.25) is 10.0 Å². The summed E-state index contributed by atoms with van der Waals surface area (Å²) < 4.78 is 0.926. The van der Waals surface area contributed by atoms with Gasteiger partial charge in [-0.3, -0.25) is 0 Å². The molecule has 0 aliphatic heterocycles. The maximum absolute atomic E-state index is 6.29. The average Bonchev–Trinajstić information content (AvgIpc) is 3.42. The number of rotatable bonds is 9. The third kappa shape index (κ3) is 6.97. The van der Waals surface area contributed by atoms with E-state index in [0.717, 1.165) is 39.2 Å². The molecule has 1 atom stereocenters. The van der Waals surface area contributed by atoms with E-state index < -0.39 is 0 Å². The highest BCUT2D eigenvalue weighted by Crippen LogP contribution is 2.26. The first kappa shape index (κ1) is 26.4. The second-order valence-corrected chi connectivity index (χ2v) is 10.3. The van der Waals surface area contributed by atoms with Crippen molar-refractivity contribution in [2.75, 3.05) is 16.8 Å². The number of halogens is 3. The second kappa shape index (κ2) is 12.5. The van der Waals surface area contributed by atoms with Crippen LogP contribution in [-0.4, -0.2) is 32.7 Å². The van der Waals surface area contributed by atoms with Gasteiger partial charge in [0.25, 0.3) is 0 Å². The Morgan fingerprint density at radius 1 is 1.11 bits per heavy atom. The quantitative estimate of drug-likeness (QED) is 0.174. The van der Waals surface area contributed by atoms with Crippen LogP contribution >= 0.6 is 51.3 Å². The molecule has 2 aromatic heterocycles. The highest BCUT2D eigenvalue weighted by Gasteiger charge is 2.20. The highest BCUT2D eigenvalue weighted by atomic mass is 79.9. The molecule has 1 unspecified atom stereocenters. The van der Waals surface area contributed by atoms with Gasteiger partial charge in [-0.15, -0.1) is 0 Å². The normalized spacial score (nSPS) is 11.7. The minimum Gasteiger partial charge on any atom is -0.360 e. The first-order chi connectivity index (χ1) is 17.4. The number of nitrogens with one attached hydrogen (secondary N) is 3. The summed E-state index contributed by atoms with van der Waals surface area (Å²) in [5, 5.41) is 8.29. The Balaban J connectivity index is 1.46. The number of thiocarbonyl (C=S) groups is 1. The third-order valence-electron chi connectivity index (χ3n) is 5.68. The van der Waals surface area contributed by atoms with Crippen molar-refractivity contribution in [2.45, 2.75) is 25.9 Å². The standard InChI is InChI=1S/C26H25BrCl2N6S/c1-2-21(13-32-26(36)34-20-5-3-4-18(11-20)24-14-30-16-33-24)35(25-9-7-19(27)12-31-25)15-17-6-8-22(28)23(29)10-17/h3-12,14,16,21H,2,13,15H2,1H3,(H,30,33)(H2,32,34,36). The zero-order chi connectivity index (χ0) is 25.5. The molecular formula is C26H25BrCl2N6S. The lowest BCUT2D eigenvalue weighted by Crippen LogP contribution is -2.44. The number of hydrogen-bond acceptors (Lipinski definition) is 4. The number of nitrogens with zero attached hydrogens (tertiary/aromatic N) is 3. The summed E-state index contributed by atoms with van der Waals surface area (Å²) in [6.45, 7) is 3.40. The van der Waals surface area contributed by atoms with E-state index in [2.05, 4.69) is 53.3 Å². The van der Waals surface area contributed by atoms with E-state index in [4.69, 9.17) is 35.4 Å². The van der Waals surface area contributed by atoms with Crippen molar-refractivity contribution in [3.63, 3.8) is 0 Å². The van der Waals surface area contributed by atoms with Gasteiger partial charge in [0.15, 0.2) is 5.11 Å². The van der Waals surface area contributed by atoms with Crippen LogP contribution in [0.3, 0.4) is 0 Å². The molecule has 0 aliphatic carbocycles. The van der Waals surface area contributed by atoms with Gasteiger partial charge in [0.05, 0.1) is 28.3 Å². The Kier molecular flexibility index (Phi) is 9.20. The number of pyridine rings is 1. The van der Waals surface area contributed by atoms with Crippen LogP contribution in [0.1, 0.15) is 18.9 Å². The topological polar surface area (TPSA) is 68.9 Å². The molecule has 186 valence electrons. The first-order valence-corrected chi connectivity index (χ1v) is 13.3. The number of H-pyrrole nitrogens is 1. The largest absolute Gasteiger partial charge is 0.360 e. The predicted molar refractivity (Wildman–Crippen MR) is 157 cm³/mol. The van der Waals surface area contributed by atoms with Crippen molar-refractivity contribution in [3.8, 4) is 11.3 Å². The van der Waals surface area contributed by atoms with E-state index in [1.165, 1.54) is 0 Å². The fourth-order valence-electron chi connectivity index (χ4n) is 3.81. The number of aromatic amines is 1. The summed E-state index contributed by atoms with van der Waals surface area (Å²) in [5.41, 5.74) is 3.92. The molecule has 0 saturated carbocycles. The molecule has 10 heteroatoms. The molecule has 2 heterocycles. The molecule has 3 N–H and O–H groups in total. The minimum atomic E-state index is 0.115. The molecule has 4 aromatic rings. The van der Waals surface area contributed by atoms with Crippen LogP contribution in [-0.2, 0) is 6.54 Å². The molecule has 2 aromatic carbocycles. The summed E-state index contributed by atoms with van der Waals surface area (Å²) in [4.78, 5) is 14.1. The molecular weight excluding hydrogens is 579 g/mol. The molecule has 0 aliphatic rings. The zero-order valence-corrected chi connectivity index (χ0v) is 23.4. The van der Waals surface area contributed by atoms with E-state index >= 15 is 0 Å². The van der Waals surface area contributed by atoms with Gasteiger partial charge in [0, 0.05) is 41.1 Å². The summed E-state index contributed by atoms with van der Waals surface area (Å²) in [6.07, 6.45) is 6.14. The molecule has 0 amide bonds. The number of hydrogen-bond donors (Lipinski definition) is 3. The van der Waals surface area contributed by atoms with Crippen LogP contribution < -0.4 is 15.5 Å². The van der Waals surface area contributed by atoms with Gasteiger partial charge >= 0.3 is 0 Å². The summed E-state index contributed by atoms with van der Waals surface area (Å²) in [6, 6.07) is 17.8. The van der Waals surface area contributed by atoms with Gasteiger partial charge in [-0.2, -0.15) is 0 Å². The SMILES string of the molecule is CCC(CNC(=S)Nc1cccc(-c2cnc[nH]2)c1)N(Cc1ccc(Cl)c(Cl)c1)c1ccc(Br)cn1. The van der Waals surface area contributed by atoms with E-state index in [1.807, 2.05) is 54.6 Å². The maximum atomic E-state index is 6.29. The molecule has 0 saturated heterocycles. The highest BCUT2D eigenvalue weighted by molar-refractivity contribution is 9.10. The van der Waals surface area contributed by atoms with Gasteiger partial charge in [-0.05, 0) is 76.5 Å². The molecule has 0 bridgehead atoms. The smallest absolute Gasteiger partial charge is 0.170 e. The van der Waals surface area contributed by atoms with Crippen molar-refractivity contribution in [1.82, 2.24) is 20.3 Å².